The van der Waals surface area contributed by atoms with Gasteiger partial charge in [-0.15, -0.1) is 11.8 Å². The van der Waals surface area contributed by atoms with Crippen molar-refractivity contribution < 1.29 is 28.4 Å². The van der Waals surface area contributed by atoms with Crippen LogP contribution in [0.15, 0.2) is 39.2 Å². The Morgan fingerprint density at radius 1 is 1.48 bits per heavy atom. The van der Waals surface area contributed by atoms with Gasteiger partial charge in [0.05, 0.1) is 6.26 Å². The van der Waals surface area contributed by atoms with E-state index in [4.69, 9.17) is 9.15 Å². The summed E-state index contributed by atoms with van der Waals surface area (Å²) >= 11 is 1.47. The minimum Gasteiger partial charge on any atom is -0.462 e. The molecule has 2 amide bonds. The number of oxime groups is 1. The number of carbonyl (C=O) groups excluding carboxylic acids is 3. The molecule has 0 spiro atoms. The van der Waals surface area contributed by atoms with E-state index in [1.807, 2.05) is 0 Å². The maximum atomic E-state index is 12.5. The molecule has 3 aliphatic rings. The topological polar surface area (TPSA) is 110 Å². The lowest BCUT2D eigenvalue weighted by Crippen LogP contribution is -2.70. The second-order valence-electron chi connectivity index (χ2n) is 5.49. The van der Waals surface area contributed by atoms with Gasteiger partial charge in [0.15, 0.2) is 5.76 Å². The van der Waals surface area contributed by atoms with Crippen LogP contribution in [-0.2, 0) is 24.0 Å². The fourth-order valence-corrected chi connectivity index (χ4v) is 4.24. The molecule has 9 nitrogen and oxygen atoms in total. The molecule has 1 aromatic heterocycles. The van der Waals surface area contributed by atoms with Gasteiger partial charge >= 0.3 is 5.97 Å². The van der Waals surface area contributed by atoms with Crippen LogP contribution in [0.25, 0.3) is 0 Å². The Kier molecular flexibility index (Phi) is 3.75. The summed E-state index contributed by atoms with van der Waals surface area (Å²) in [6.07, 6.45) is 1.40. The molecule has 1 N–H and O–H groups in total. The molecule has 1 fully saturated rings. The third-order valence-electron chi connectivity index (χ3n) is 4.06. The van der Waals surface area contributed by atoms with Crippen molar-refractivity contribution in [3.63, 3.8) is 0 Å². The van der Waals surface area contributed by atoms with Crippen LogP contribution in [0, 0.1) is 0 Å². The number of esters is 1. The number of hydrogen-bond acceptors (Lipinski definition) is 8. The number of furan rings is 1. The molecule has 4 rings (SSSR count). The van der Waals surface area contributed by atoms with E-state index in [9.17, 15) is 14.4 Å². The van der Waals surface area contributed by atoms with E-state index in [2.05, 4.69) is 15.3 Å². The van der Waals surface area contributed by atoms with Crippen LogP contribution in [0.5, 0.6) is 0 Å². The van der Waals surface area contributed by atoms with Gasteiger partial charge in [-0.2, -0.15) is 0 Å². The lowest BCUT2D eigenvalue weighted by atomic mass is 10.0. The van der Waals surface area contributed by atoms with Gasteiger partial charge in [0.1, 0.15) is 30.8 Å². The number of nitrogens with zero attached hydrogens (tertiary/aromatic N) is 2. The number of ether oxygens (including phenoxy) is 1. The van der Waals surface area contributed by atoms with Gasteiger partial charge in [0.2, 0.25) is 5.71 Å². The zero-order valence-corrected chi connectivity index (χ0v) is 13.9. The monoisotopic (exact) mass is 363 g/mol. The summed E-state index contributed by atoms with van der Waals surface area (Å²) in [7, 11) is 1.31. The predicted octanol–water partition coefficient (Wildman–Crippen LogP) is -0.159. The van der Waals surface area contributed by atoms with Crippen LogP contribution in [0.3, 0.4) is 0 Å². The van der Waals surface area contributed by atoms with Crippen LogP contribution < -0.4 is 5.32 Å². The van der Waals surface area contributed by atoms with Crippen molar-refractivity contribution in [1.82, 2.24) is 10.2 Å². The van der Waals surface area contributed by atoms with Gasteiger partial charge < -0.3 is 19.3 Å². The molecule has 0 aromatic carbocycles. The maximum Gasteiger partial charge on any atom is 0.355 e. The first-order valence-corrected chi connectivity index (χ1v) is 8.46. The average molecular weight is 363 g/mol. The number of hydrogen-bond donors (Lipinski definition) is 1. The minimum absolute atomic E-state index is 0.0697. The van der Waals surface area contributed by atoms with E-state index in [-0.39, 0.29) is 29.4 Å². The number of thioether (sulfide) groups is 1. The number of fused-ring (bicyclic) bond motifs is 2. The molecule has 2 unspecified atom stereocenters. The number of nitrogens with one attached hydrogen (secondary N) is 1. The van der Waals surface area contributed by atoms with Crippen molar-refractivity contribution in [2.24, 2.45) is 5.16 Å². The fraction of sp³-hybridized carbons (Fsp3) is 0.333. The van der Waals surface area contributed by atoms with Gasteiger partial charge in [-0.1, -0.05) is 5.16 Å². The van der Waals surface area contributed by atoms with Crippen LogP contribution in [0.1, 0.15) is 5.76 Å². The van der Waals surface area contributed by atoms with Crippen molar-refractivity contribution in [3.05, 3.63) is 35.4 Å². The van der Waals surface area contributed by atoms with Crippen molar-refractivity contribution >= 4 is 35.3 Å². The molecule has 10 heteroatoms. The predicted molar refractivity (Wildman–Crippen MR) is 85.3 cm³/mol. The van der Waals surface area contributed by atoms with Crippen molar-refractivity contribution in [2.45, 2.75) is 11.4 Å². The molecule has 0 radical (unpaired) electrons. The highest BCUT2D eigenvalue weighted by molar-refractivity contribution is 8.00. The highest BCUT2D eigenvalue weighted by Crippen LogP contribution is 2.42. The summed E-state index contributed by atoms with van der Waals surface area (Å²) in [6.45, 7) is 0.220. The Balaban J connectivity index is 1.51. The van der Waals surface area contributed by atoms with Crippen LogP contribution >= 0.6 is 11.8 Å². The Bertz CT molecular complexity index is 815. The lowest BCUT2D eigenvalue weighted by Gasteiger charge is -2.48. The number of carbonyl (C=O) groups is 3. The van der Waals surface area contributed by atoms with Crippen molar-refractivity contribution in [3.8, 4) is 0 Å². The first-order valence-electron chi connectivity index (χ1n) is 7.41. The van der Waals surface area contributed by atoms with Gasteiger partial charge in [0, 0.05) is 11.3 Å². The van der Waals surface area contributed by atoms with Gasteiger partial charge in [0.25, 0.3) is 11.8 Å². The summed E-state index contributed by atoms with van der Waals surface area (Å²) in [4.78, 5) is 42.8. The largest absolute Gasteiger partial charge is 0.462 e. The second-order valence-corrected chi connectivity index (χ2v) is 6.59. The number of β-lactam (4-membered cyclic amide) rings is 1. The molecular weight excluding hydrogens is 350 g/mol. The molecule has 1 aromatic rings. The Hall–Kier alpha value is -2.75. The highest BCUT2D eigenvalue weighted by Gasteiger charge is 2.55. The number of rotatable bonds is 4. The molecule has 3 aliphatic heterocycles. The molecule has 0 aliphatic carbocycles. The first-order chi connectivity index (χ1) is 12.1. The molecule has 1 saturated heterocycles. The molecule has 2 atom stereocenters. The van der Waals surface area contributed by atoms with Crippen molar-refractivity contribution in [2.75, 3.05) is 19.5 Å². The zero-order chi connectivity index (χ0) is 17.6. The summed E-state index contributed by atoms with van der Waals surface area (Å²) in [5, 5.41) is 5.96. The second kappa shape index (κ2) is 5.96. The average Bonchev–Trinajstić information content (AvgIpc) is 3.26. The van der Waals surface area contributed by atoms with Crippen molar-refractivity contribution in [1.29, 1.82) is 0 Å². The van der Waals surface area contributed by atoms with Crippen LogP contribution in [0.4, 0.5) is 0 Å². The fourth-order valence-electron chi connectivity index (χ4n) is 2.92. The third kappa shape index (κ3) is 2.40. The van der Waals surface area contributed by atoms with Gasteiger partial charge in [-0.05, 0) is 12.1 Å². The van der Waals surface area contributed by atoms with Gasteiger partial charge in [-0.3, -0.25) is 14.5 Å². The molecule has 0 saturated carbocycles. The number of cyclic esters (lactones) is 1. The molecule has 25 heavy (non-hydrogen) atoms. The van der Waals surface area contributed by atoms with Crippen LogP contribution in [0.2, 0.25) is 0 Å². The van der Waals surface area contributed by atoms with E-state index in [1.165, 1.54) is 30.0 Å². The Labute approximate surface area is 146 Å². The Morgan fingerprint density at radius 2 is 2.32 bits per heavy atom. The summed E-state index contributed by atoms with van der Waals surface area (Å²) in [5.41, 5.74) is 1.05. The van der Waals surface area contributed by atoms with E-state index in [1.54, 1.807) is 12.1 Å². The minimum atomic E-state index is -0.753. The van der Waals surface area contributed by atoms with Gasteiger partial charge in [-0.25, -0.2) is 4.79 Å². The first kappa shape index (κ1) is 15.8. The normalized spacial score (nSPS) is 25.2. The molecule has 0 bridgehead atoms. The lowest BCUT2D eigenvalue weighted by molar-refractivity contribution is -0.150. The molecule has 130 valence electrons. The van der Waals surface area contributed by atoms with E-state index >= 15 is 0 Å². The smallest absolute Gasteiger partial charge is 0.355 e. The maximum absolute atomic E-state index is 12.5. The quantitative estimate of drug-likeness (QED) is 0.342. The van der Waals surface area contributed by atoms with E-state index in [0.29, 0.717) is 11.4 Å². The third-order valence-corrected chi connectivity index (χ3v) is 5.40. The SMILES string of the molecule is CO/N=C(\C(=O)NC1C(=O)N2C3=C(COC3=O)CSC12)c1ccco1. The zero-order valence-electron chi connectivity index (χ0n) is 13.1. The Morgan fingerprint density at radius 3 is 3.04 bits per heavy atom. The summed E-state index contributed by atoms with van der Waals surface area (Å²) in [6, 6.07) is 2.42. The molecular formula is C15H13N3O6S. The summed E-state index contributed by atoms with van der Waals surface area (Å²) < 4.78 is 10.1. The van der Waals surface area contributed by atoms with E-state index < -0.39 is 17.9 Å². The number of amides is 2. The van der Waals surface area contributed by atoms with Crippen LogP contribution in [-0.4, -0.2) is 59.3 Å². The summed E-state index contributed by atoms with van der Waals surface area (Å²) in [5.74, 6) is -0.629. The van der Waals surface area contributed by atoms with E-state index in [0.717, 1.165) is 5.57 Å². The molecule has 4 heterocycles. The standard InChI is InChI=1S/C15H13N3O6S/c1-22-17-9(8-3-2-4-23-8)12(19)16-10-13(20)18-11-7(5-24-15(11)21)6-25-14(10)18/h2-4,10,14H,5-6H2,1H3,(H,16,19)/b17-9-. The highest BCUT2D eigenvalue weighted by atomic mass is 32.2.